The van der Waals surface area contributed by atoms with Crippen molar-refractivity contribution in [2.24, 2.45) is 0 Å². The summed E-state index contributed by atoms with van der Waals surface area (Å²) in [5.74, 6) is -2.41. The average Bonchev–Trinajstić information content (AvgIpc) is 2.45. The smallest absolute Gasteiger partial charge is 0.416 e. The summed E-state index contributed by atoms with van der Waals surface area (Å²) in [7, 11) is 0. The molecule has 1 aromatic rings. The van der Waals surface area contributed by atoms with E-state index < -0.39 is 23.6 Å². The number of hydrogen-bond acceptors (Lipinski definition) is 3. The monoisotopic (exact) mass is 302 g/mol. The Hall–Kier alpha value is -1.60. The summed E-state index contributed by atoms with van der Waals surface area (Å²) < 4.78 is 39.1. The summed E-state index contributed by atoms with van der Waals surface area (Å²) in [5, 5.41) is 12.5. The molecule has 0 spiro atoms. The van der Waals surface area contributed by atoms with E-state index in [0.717, 1.165) is 6.07 Å². The van der Waals surface area contributed by atoms with Gasteiger partial charge in [0, 0.05) is 32.7 Å². The van der Waals surface area contributed by atoms with Gasteiger partial charge >= 0.3 is 12.1 Å². The zero-order valence-electron chi connectivity index (χ0n) is 11.4. The molecule has 1 saturated heterocycles. The zero-order valence-corrected chi connectivity index (χ0v) is 11.4. The van der Waals surface area contributed by atoms with Gasteiger partial charge in [0.2, 0.25) is 0 Å². The molecule has 0 amide bonds. The van der Waals surface area contributed by atoms with Gasteiger partial charge in [-0.15, -0.1) is 0 Å². The first kappa shape index (κ1) is 15.8. The third-order valence-electron chi connectivity index (χ3n) is 3.59. The molecule has 21 heavy (non-hydrogen) atoms. The van der Waals surface area contributed by atoms with E-state index in [1.54, 1.807) is 0 Å². The zero-order chi connectivity index (χ0) is 15.5. The van der Waals surface area contributed by atoms with Gasteiger partial charge in [-0.3, -0.25) is 9.69 Å². The van der Waals surface area contributed by atoms with Crippen LogP contribution in [-0.2, 0) is 11.0 Å². The van der Waals surface area contributed by atoms with Crippen molar-refractivity contribution >= 4 is 5.97 Å². The van der Waals surface area contributed by atoms with Gasteiger partial charge in [-0.2, -0.15) is 13.2 Å². The number of alkyl halides is 3. The van der Waals surface area contributed by atoms with Crippen LogP contribution in [0.4, 0.5) is 13.2 Å². The van der Waals surface area contributed by atoms with Crippen LogP contribution in [0.3, 0.4) is 0 Å². The van der Waals surface area contributed by atoms with Gasteiger partial charge < -0.3 is 10.4 Å². The van der Waals surface area contributed by atoms with E-state index in [4.69, 9.17) is 0 Å². The number of aliphatic carboxylic acids is 1. The van der Waals surface area contributed by atoms with Crippen molar-refractivity contribution in [1.82, 2.24) is 10.2 Å². The van der Waals surface area contributed by atoms with Gasteiger partial charge in [-0.05, 0) is 11.6 Å². The molecule has 1 atom stereocenters. The minimum Gasteiger partial charge on any atom is -0.481 e. The standard InChI is InChI=1S/C14H17F3N2O2/c15-14(16,17)12-4-2-1-3-10(12)11(13(20)21)9-19-7-5-18-6-8-19/h1-4,11,18H,5-9H2,(H,20,21). The molecule has 1 aromatic carbocycles. The van der Waals surface area contributed by atoms with Crippen LogP contribution in [-0.4, -0.2) is 48.7 Å². The number of carboxylic acid groups (broad SMARTS) is 1. The van der Waals surface area contributed by atoms with Crippen molar-refractivity contribution in [2.75, 3.05) is 32.7 Å². The molecule has 0 bridgehead atoms. The van der Waals surface area contributed by atoms with Gasteiger partial charge in [0.15, 0.2) is 0 Å². The third kappa shape index (κ3) is 3.95. The topological polar surface area (TPSA) is 52.6 Å². The van der Waals surface area contributed by atoms with Gasteiger partial charge in [-0.1, -0.05) is 18.2 Å². The van der Waals surface area contributed by atoms with Crippen molar-refractivity contribution in [3.05, 3.63) is 35.4 Å². The molecular formula is C14H17F3N2O2. The molecule has 116 valence electrons. The minimum atomic E-state index is -4.55. The number of hydrogen-bond donors (Lipinski definition) is 2. The van der Waals surface area contributed by atoms with Gasteiger partial charge in [0.25, 0.3) is 0 Å². The fraction of sp³-hybridized carbons (Fsp3) is 0.500. The van der Waals surface area contributed by atoms with Crippen LogP contribution in [0.2, 0.25) is 0 Å². The first-order valence-electron chi connectivity index (χ1n) is 6.71. The highest BCUT2D eigenvalue weighted by Crippen LogP contribution is 2.35. The normalized spacial score (nSPS) is 18.4. The molecule has 1 heterocycles. The Balaban J connectivity index is 2.28. The number of rotatable bonds is 4. The first-order chi connectivity index (χ1) is 9.89. The largest absolute Gasteiger partial charge is 0.481 e. The molecule has 1 aliphatic rings. The summed E-state index contributed by atoms with van der Waals surface area (Å²) in [6.07, 6.45) is -4.55. The summed E-state index contributed by atoms with van der Waals surface area (Å²) in [6.45, 7) is 2.79. The molecule has 2 rings (SSSR count). The van der Waals surface area contributed by atoms with E-state index in [0.29, 0.717) is 26.2 Å². The lowest BCUT2D eigenvalue weighted by Crippen LogP contribution is -2.46. The number of nitrogens with one attached hydrogen (secondary N) is 1. The fourth-order valence-electron chi connectivity index (χ4n) is 2.52. The highest BCUT2D eigenvalue weighted by Gasteiger charge is 2.37. The maximum absolute atomic E-state index is 13.0. The Bertz CT molecular complexity index is 499. The highest BCUT2D eigenvalue weighted by atomic mass is 19.4. The van der Waals surface area contributed by atoms with Crippen LogP contribution >= 0.6 is 0 Å². The number of halogens is 3. The summed E-state index contributed by atoms with van der Waals surface area (Å²) in [5.41, 5.74) is -1.04. The van der Waals surface area contributed by atoms with Crippen molar-refractivity contribution in [2.45, 2.75) is 12.1 Å². The summed E-state index contributed by atoms with van der Waals surface area (Å²) >= 11 is 0. The predicted octanol–water partition coefficient (Wildman–Crippen LogP) is 1.78. The second-order valence-electron chi connectivity index (χ2n) is 5.03. The summed E-state index contributed by atoms with van der Waals surface area (Å²) in [4.78, 5) is 13.3. The molecule has 2 N–H and O–H groups in total. The number of carboxylic acids is 1. The van der Waals surface area contributed by atoms with Crippen LogP contribution in [0.25, 0.3) is 0 Å². The molecule has 7 heteroatoms. The second-order valence-corrected chi connectivity index (χ2v) is 5.03. The van der Waals surface area contributed by atoms with Crippen LogP contribution in [0.5, 0.6) is 0 Å². The van der Waals surface area contributed by atoms with E-state index in [1.807, 2.05) is 4.90 Å². The molecule has 0 aliphatic carbocycles. The van der Waals surface area contributed by atoms with Crippen LogP contribution in [0.1, 0.15) is 17.0 Å². The lowest BCUT2D eigenvalue weighted by molar-refractivity contribution is -0.142. The third-order valence-corrected chi connectivity index (χ3v) is 3.59. The number of piperazine rings is 1. The van der Waals surface area contributed by atoms with Crippen molar-refractivity contribution < 1.29 is 23.1 Å². The van der Waals surface area contributed by atoms with Crippen molar-refractivity contribution in [1.29, 1.82) is 0 Å². The molecule has 0 saturated carbocycles. The fourth-order valence-corrected chi connectivity index (χ4v) is 2.52. The van der Waals surface area contributed by atoms with E-state index in [-0.39, 0.29) is 12.1 Å². The van der Waals surface area contributed by atoms with E-state index in [1.165, 1.54) is 18.2 Å². The molecule has 0 aromatic heterocycles. The lowest BCUT2D eigenvalue weighted by Gasteiger charge is -2.30. The van der Waals surface area contributed by atoms with Crippen LogP contribution in [0, 0.1) is 0 Å². The number of benzene rings is 1. The van der Waals surface area contributed by atoms with Crippen molar-refractivity contribution in [3.8, 4) is 0 Å². The molecule has 4 nitrogen and oxygen atoms in total. The van der Waals surface area contributed by atoms with Crippen molar-refractivity contribution in [3.63, 3.8) is 0 Å². The minimum absolute atomic E-state index is 0.0874. The molecule has 1 unspecified atom stereocenters. The Kier molecular flexibility index (Phi) is 4.84. The summed E-state index contributed by atoms with van der Waals surface area (Å²) in [6, 6.07) is 4.90. The van der Waals surface area contributed by atoms with Gasteiger partial charge in [0.1, 0.15) is 0 Å². The Morgan fingerprint density at radius 2 is 1.90 bits per heavy atom. The number of carbonyl (C=O) groups is 1. The quantitative estimate of drug-likeness (QED) is 0.890. The molecule has 1 fully saturated rings. The predicted molar refractivity (Wildman–Crippen MR) is 71.1 cm³/mol. The molecular weight excluding hydrogens is 285 g/mol. The van der Waals surface area contributed by atoms with Gasteiger partial charge in [0.05, 0.1) is 11.5 Å². The maximum Gasteiger partial charge on any atom is 0.416 e. The highest BCUT2D eigenvalue weighted by molar-refractivity contribution is 5.77. The molecule has 0 radical (unpaired) electrons. The number of nitrogens with zero attached hydrogens (tertiary/aromatic N) is 1. The Morgan fingerprint density at radius 1 is 1.29 bits per heavy atom. The second kappa shape index (κ2) is 6.44. The first-order valence-corrected chi connectivity index (χ1v) is 6.71. The lowest BCUT2D eigenvalue weighted by atomic mass is 9.93. The van der Waals surface area contributed by atoms with E-state index in [2.05, 4.69) is 5.32 Å². The SMILES string of the molecule is O=C(O)C(CN1CCNCC1)c1ccccc1C(F)(F)F. The van der Waals surface area contributed by atoms with Crippen LogP contribution in [0.15, 0.2) is 24.3 Å². The Morgan fingerprint density at radius 3 is 2.48 bits per heavy atom. The van der Waals surface area contributed by atoms with E-state index >= 15 is 0 Å². The van der Waals surface area contributed by atoms with Gasteiger partial charge in [-0.25, -0.2) is 0 Å². The Labute approximate surface area is 120 Å². The average molecular weight is 302 g/mol. The molecule has 1 aliphatic heterocycles. The maximum atomic E-state index is 13.0. The van der Waals surface area contributed by atoms with E-state index in [9.17, 15) is 23.1 Å². The van der Waals surface area contributed by atoms with Crippen LogP contribution < -0.4 is 5.32 Å².